The molecule has 32 heavy (non-hydrogen) atoms. The Labute approximate surface area is 184 Å². The van der Waals surface area contributed by atoms with Gasteiger partial charge in [0.15, 0.2) is 5.82 Å². The third-order valence-corrected chi connectivity index (χ3v) is 5.17. The van der Waals surface area contributed by atoms with Crippen LogP contribution in [0.15, 0.2) is 90.1 Å². The molecule has 4 aromatic rings. The van der Waals surface area contributed by atoms with Crippen molar-refractivity contribution in [3.05, 3.63) is 102 Å². The molecule has 5 rings (SSSR count). The maximum absolute atomic E-state index is 15.1. The van der Waals surface area contributed by atoms with Gasteiger partial charge in [0.05, 0.1) is 48.2 Å². The second-order valence-electron chi connectivity index (χ2n) is 7.37. The van der Waals surface area contributed by atoms with Gasteiger partial charge < -0.3 is 4.74 Å². The third-order valence-electron chi connectivity index (χ3n) is 5.17. The van der Waals surface area contributed by atoms with Crippen molar-refractivity contribution < 1.29 is 9.13 Å². The number of rotatable bonds is 5. The fourth-order valence-electron chi connectivity index (χ4n) is 3.65. The lowest BCUT2D eigenvalue weighted by Crippen LogP contribution is -2.23. The summed E-state index contributed by atoms with van der Waals surface area (Å²) in [6.45, 7) is 1.94. The van der Waals surface area contributed by atoms with Crippen molar-refractivity contribution in [2.45, 2.75) is 13.3 Å². The quantitative estimate of drug-likeness (QED) is 0.466. The smallest absolute Gasteiger partial charge is 0.151 e. The Morgan fingerprint density at radius 3 is 2.56 bits per heavy atom. The molecule has 0 radical (unpaired) electrons. The van der Waals surface area contributed by atoms with Gasteiger partial charge in [0, 0.05) is 18.5 Å². The van der Waals surface area contributed by atoms with E-state index in [2.05, 4.69) is 10.2 Å². The molecule has 160 valence electrons. The number of para-hydroxylation sites is 1. The van der Waals surface area contributed by atoms with E-state index in [1.165, 1.54) is 11.1 Å². The van der Waals surface area contributed by atoms with Gasteiger partial charge in [0.2, 0.25) is 0 Å². The van der Waals surface area contributed by atoms with Crippen LogP contribution in [0.25, 0.3) is 11.4 Å². The summed E-state index contributed by atoms with van der Waals surface area (Å²) in [5, 5.41) is 15.0. The molecular weight excluding hydrogens is 407 g/mol. The molecule has 2 aromatic heterocycles. The van der Waals surface area contributed by atoms with Crippen LogP contribution in [0.3, 0.4) is 0 Å². The zero-order valence-corrected chi connectivity index (χ0v) is 17.7. The van der Waals surface area contributed by atoms with Crippen molar-refractivity contribution >= 4 is 11.4 Å². The van der Waals surface area contributed by atoms with Crippen molar-refractivity contribution in [3.8, 4) is 11.4 Å². The van der Waals surface area contributed by atoms with Gasteiger partial charge in [-0.1, -0.05) is 18.2 Å². The Morgan fingerprint density at radius 2 is 1.84 bits per heavy atom. The first-order chi connectivity index (χ1) is 15.6. The summed E-state index contributed by atoms with van der Waals surface area (Å²) < 4.78 is 24.1. The van der Waals surface area contributed by atoms with Crippen LogP contribution in [0, 0.1) is 12.7 Å². The number of anilines is 1. The molecule has 0 atom stereocenters. The normalized spacial score (nSPS) is 13.7. The van der Waals surface area contributed by atoms with E-state index in [1.54, 1.807) is 48.6 Å². The molecule has 7 nitrogen and oxygen atoms in total. The van der Waals surface area contributed by atoms with E-state index < -0.39 is 5.82 Å². The summed E-state index contributed by atoms with van der Waals surface area (Å²) in [5.74, 6) is 0.256. The van der Waals surface area contributed by atoms with Crippen molar-refractivity contribution in [2.75, 3.05) is 12.1 Å². The highest BCUT2D eigenvalue weighted by Gasteiger charge is 2.23. The molecule has 3 heterocycles. The van der Waals surface area contributed by atoms with Crippen LogP contribution in [0.1, 0.15) is 17.8 Å². The second-order valence-corrected chi connectivity index (χ2v) is 7.37. The summed E-state index contributed by atoms with van der Waals surface area (Å²) in [6, 6.07) is 18.5. The summed E-state index contributed by atoms with van der Waals surface area (Å²) in [7, 11) is 1.60. The van der Waals surface area contributed by atoms with Gasteiger partial charge in [-0.15, -0.1) is 0 Å². The molecule has 1 aliphatic heterocycles. The van der Waals surface area contributed by atoms with Crippen LogP contribution in [0.2, 0.25) is 0 Å². The molecule has 2 aromatic carbocycles. The number of halogens is 1. The Bertz CT molecular complexity index is 1310. The van der Waals surface area contributed by atoms with E-state index in [-0.39, 0.29) is 0 Å². The fraction of sp³-hybridized carbons (Fsp3) is 0.125. The predicted octanol–water partition coefficient (Wildman–Crippen LogP) is 4.61. The van der Waals surface area contributed by atoms with Crippen LogP contribution in [-0.4, -0.2) is 32.4 Å². The lowest BCUT2D eigenvalue weighted by atomic mass is 10.1. The van der Waals surface area contributed by atoms with Crippen LogP contribution in [0.4, 0.5) is 10.1 Å². The summed E-state index contributed by atoms with van der Waals surface area (Å²) in [5.41, 5.74) is 4.29. The molecule has 0 N–H and O–H groups in total. The van der Waals surface area contributed by atoms with Gasteiger partial charge in [-0.2, -0.15) is 15.3 Å². The second kappa shape index (κ2) is 8.14. The van der Waals surface area contributed by atoms with Gasteiger partial charge in [-0.05, 0) is 43.3 Å². The Kier molecular flexibility index (Phi) is 5.03. The summed E-state index contributed by atoms with van der Waals surface area (Å²) in [6.07, 6.45) is 5.59. The minimum absolute atomic E-state index is 0.315. The molecule has 0 spiro atoms. The molecular formula is C24H21FN6O. The molecule has 0 bridgehead atoms. The highest BCUT2D eigenvalue weighted by Crippen LogP contribution is 2.28. The van der Waals surface area contributed by atoms with E-state index in [9.17, 15) is 0 Å². The Hall–Kier alpha value is -4.20. The number of hydrogen-bond acceptors (Lipinski definition) is 5. The zero-order valence-electron chi connectivity index (χ0n) is 17.7. The van der Waals surface area contributed by atoms with E-state index in [4.69, 9.17) is 9.84 Å². The van der Waals surface area contributed by atoms with Crippen molar-refractivity contribution in [2.24, 2.45) is 5.10 Å². The maximum Gasteiger partial charge on any atom is 0.151 e. The topological polar surface area (TPSA) is 60.5 Å². The van der Waals surface area contributed by atoms with E-state index >= 15 is 4.39 Å². The first kappa shape index (κ1) is 19.7. The molecule has 1 aliphatic rings. The highest BCUT2D eigenvalue weighted by molar-refractivity contribution is 6.02. The van der Waals surface area contributed by atoms with Crippen LogP contribution in [0.5, 0.6) is 0 Å². The molecule has 0 aliphatic carbocycles. The zero-order chi connectivity index (χ0) is 22.1. The first-order valence-corrected chi connectivity index (χ1v) is 10.2. The number of methoxy groups -OCH3 is 1. The number of nitrogens with zero attached hydrogens (tertiary/aromatic N) is 6. The van der Waals surface area contributed by atoms with Gasteiger partial charge in [0.1, 0.15) is 11.4 Å². The van der Waals surface area contributed by atoms with Crippen molar-refractivity contribution in [3.63, 3.8) is 0 Å². The lowest BCUT2D eigenvalue weighted by Gasteiger charge is -2.24. The number of aromatic nitrogens is 4. The first-order valence-electron chi connectivity index (χ1n) is 10.2. The number of aryl methyl sites for hydroxylation is 1. The average molecular weight is 428 g/mol. The largest absolute Gasteiger partial charge is 0.499 e. The van der Waals surface area contributed by atoms with Crippen LogP contribution in [-0.2, 0) is 4.74 Å². The fourth-order valence-corrected chi connectivity index (χ4v) is 3.65. The Morgan fingerprint density at radius 1 is 1.00 bits per heavy atom. The molecule has 0 fully saturated rings. The predicted molar refractivity (Wildman–Crippen MR) is 121 cm³/mol. The molecule has 0 saturated carbocycles. The third kappa shape index (κ3) is 3.66. The molecule has 0 amide bonds. The van der Waals surface area contributed by atoms with E-state index in [1.807, 2.05) is 48.0 Å². The average Bonchev–Trinajstić information content (AvgIpc) is 3.49. The molecule has 0 unspecified atom stereocenters. The van der Waals surface area contributed by atoms with Gasteiger partial charge in [0.25, 0.3) is 0 Å². The number of allylic oxidation sites excluding steroid dienone is 1. The van der Waals surface area contributed by atoms with Crippen LogP contribution < -0.4 is 5.01 Å². The molecule has 0 saturated heterocycles. The minimum atomic E-state index is -0.414. The Balaban J connectivity index is 1.56. The number of hydrazone groups is 1. The van der Waals surface area contributed by atoms with Crippen LogP contribution >= 0.6 is 0 Å². The SMILES string of the molecule is COC1=CN(c2ccc(-n3cccn3)cc2F)N=C(c2cc(C)nn2-c2ccccc2)C1. The standard InChI is InChI=1S/C24H21FN6O/c1-17-13-24(31(27-17)18-7-4-3-5-8-18)22-15-20(32-2)16-30(28-22)23-10-9-19(14-21(23)25)29-12-6-11-26-29/h3-14,16H,15H2,1-2H3. The lowest BCUT2D eigenvalue weighted by molar-refractivity contribution is 0.284. The van der Waals surface area contributed by atoms with Gasteiger partial charge >= 0.3 is 0 Å². The van der Waals surface area contributed by atoms with Gasteiger partial charge in [-0.25, -0.2) is 18.8 Å². The molecule has 8 heteroatoms. The monoisotopic (exact) mass is 428 g/mol. The summed E-state index contributed by atoms with van der Waals surface area (Å²) >= 11 is 0. The van der Waals surface area contributed by atoms with E-state index in [0.29, 0.717) is 23.6 Å². The highest BCUT2D eigenvalue weighted by atomic mass is 19.1. The number of benzene rings is 2. The van der Waals surface area contributed by atoms with Crippen molar-refractivity contribution in [1.29, 1.82) is 0 Å². The summed E-state index contributed by atoms with van der Waals surface area (Å²) in [4.78, 5) is 0. The van der Waals surface area contributed by atoms with Crippen molar-refractivity contribution in [1.82, 2.24) is 19.6 Å². The maximum atomic E-state index is 15.1. The van der Waals surface area contributed by atoms with Gasteiger partial charge in [-0.3, -0.25) is 0 Å². The van der Waals surface area contributed by atoms with E-state index in [0.717, 1.165) is 22.8 Å². The number of hydrogen-bond donors (Lipinski definition) is 0. The number of ether oxygens (including phenoxy) is 1. The minimum Gasteiger partial charge on any atom is -0.499 e.